The highest BCUT2D eigenvalue weighted by molar-refractivity contribution is 5.92. The first-order chi connectivity index (χ1) is 16.4. The molecule has 0 bridgehead atoms. The first-order valence-corrected chi connectivity index (χ1v) is 10.4. The van der Waals surface area contributed by atoms with Crippen LogP contribution in [0.4, 0.5) is 24.8 Å². The Labute approximate surface area is 192 Å². The summed E-state index contributed by atoms with van der Waals surface area (Å²) in [5.74, 6) is 0.000833. The van der Waals surface area contributed by atoms with Crippen molar-refractivity contribution in [2.75, 3.05) is 5.32 Å². The Bertz CT molecular complexity index is 1530. The highest BCUT2D eigenvalue weighted by Gasteiger charge is 2.30. The Hall–Kier alpha value is -4.46. The molecule has 0 saturated carbocycles. The van der Waals surface area contributed by atoms with Gasteiger partial charge in [-0.05, 0) is 46.5 Å². The molecule has 2 aromatic heterocycles. The lowest BCUT2D eigenvalue weighted by molar-refractivity contribution is -0.137. The number of nitrogens with zero attached hydrogens (tertiary/aromatic N) is 2. The quantitative estimate of drug-likeness (QED) is 0.326. The Morgan fingerprint density at radius 1 is 0.794 bits per heavy atom. The molecule has 0 fully saturated rings. The predicted molar refractivity (Wildman–Crippen MR) is 126 cm³/mol. The van der Waals surface area contributed by atoms with E-state index in [1.807, 2.05) is 54.6 Å². The van der Waals surface area contributed by atoms with E-state index in [9.17, 15) is 18.0 Å². The number of pyridine rings is 1. The van der Waals surface area contributed by atoms with Crippen LogP contribution in [0.3, 0.4) is 0 Å². The largest absolute Gasteiger partial charge is 0.416 e. The molecule has 0 saturated heterocycles. The van der Waals surface area contributed by atoms with Crippen molar-refractivity contribution in [3.05, 3.63) is 107 Å². The van der Waals surface area contributed by atoms with E-state index < -0.39 is 17.3 Å². The third kappa shape index (κ3) is 4.25. The van der Waals surface area contributed by atoms with Gasteiger partial charge in [-0.2, -0.15) is 18.2 Å². The molecule has 0 amide bonds. The van der Waals surface area contributed by atoms with Crippen molar-refractivity contribution in [3.8, 4) is 22.3 Å². The number of anilines is 2. The van der Waals surface area contributed by atoms with E-state index in [1.165, 1.54) is 12.1 Å². The van der Waals surface area contributed by atoms with Crippen LogP contribution in [-0.2, 0) is 6.18 Å². The van der Waals surface area contributed by atoms with Gasteiger partial charge in [0.05, 0.1) is 10.9 Å². The van der Waals surface area contributed by atoms with Gasteiger partial charge in [0.25, 0.3) is 5.56 Å². The second-order valence-corrected chi connectivity index (χ2v) is 7.62. The molecule has 34 heavy (non-hydrogen) atoms. The van der Waals surface area contributed by atoms with E-state index in [4.69, 9.17) is 0 Å². The van der Waals surface area contributed by atoms with Crippen LogP contribution in [-0.4, -0.2) is 15.0 Å². The second-order valence-electron chi connectivity index (χ2n) is 7.62. The minimum Gasteiger partial charge on any atom is -0.326 e. The van der Waals surface area contributed by atoms with Gasteiger partial charge in [0.2, 0.25) is 5.95 Å². The van der Waals surface area contributed by atoms with E-state index in [0.29, 0.717) is 10.9 Å². The highest BCUT2D eigenvalue weighted by atomic mass is 19.4. The fourth-order valence-corrected chi connectivity index (χ4v) is 3.75. The Balaban J connectivity index is 1.50. The topological polar surface area (TPSA) is 70.7 Å². The molecule has 2 heterocycles. The Kier molecular flexibility index (Phi) is 5.33. The monoisotopic (exact) mass is 458 g/mol. The Morgan fingerprint density at radius 3 is 2.24 bits per heavy atom. The fourth-order valence-electron chi connectivity index (χ4n) is 3.75. The van der Waals surface area contributed by atoms with Crippen LogP contribution in [0.5, 0.6) is 0 Å². The number of nitrogens with one attached hydrogen (secondary N) is 2. The second kappa shape index (κ2) is 8.47. The van der Waals surface area contributed by atoms with Gasteiger partial charge in [0.15, 0.2) is 5.65 Å². The number of rotatable bonds is 4. The minimum atomic E-state index is -4.48. The van der Waals surface area contributed by atoms with Gasteiger partial charge in [-0.15, -0.1) is 0 Å². The number of benzene rings is 3. The summed E-state index contributed by atoms with van der Waals surface area (Å²) in [6.07, 6.45) is -2.93. The summed E-state index contributed by atoms with van der Waals surface area (Å²) < 4.78 is 39.0. The van der Waals surface area contributed by atoms with Crippen molar-refractivity contribution < 1.29 is 13.2 Å². The van der Waals surface area contributed by atoms with Crippen LogP contribution in [0.25, 0.3) is 33.3 Å². The van der Waals surface area contributed by atoms with Gasteiger partial charge in [-0.3, -0.25) is 9.78 Å². The van der Waals surface area contributed by atoms with Gasteiger partial charge >= 0.3 is 6.18 Å². The first-order valence-electron chi connectivity index (χ1n) is 10.4. The smallest absolute Gasteiger partial charge is 0.326 e. The standard InChI is InChI=1S/C26H17F3N4O/c27-26(28,29)19-7-4-8-20(15-19)31-25-32-23-22(24(34)33-25)21(13-14-30-23)18-11-9-17(10-12-18)16-5-2-1-3-6-16/h1-15H,(H2,30,31,32,33,34). The summed E-state index contributed by atoms with van der Waals surface area (Å²) in [6.45, 7) is 0. The molecule has 168 valence electrons. The molecule has 3 aromatic carbocycles. The van der Waals surface area contributed by atoms with Gasteiger partial charge in [-0.25, -0.2) is 4.98 Å². The third-order valence-corrected chi connectivity index (χ3v) is 5.36. The maximum atomic E-state index is 13.0. The zero-order valence-electron chi connectivity index (χ0n) is 17.6. The van der Waals surface area contributed by atoms with Crippen molar-refractivity contribution >= 4 is 22.7 Å². The molecular formula is C26H17F3N4O. The number of fused-ring (bicyclic) bond motifs is 1. The zero-order chi connectivity index (χ0) is 23.7. The molecule has 0 spiro atoms. The molecule has 0 unspecified atom stereocenters. The molecule has 2 N–H and O–H groups in total. The molecule has 0 aliphatic carbocycles. The molecule has 5 nitrogen and oxygen atoms in total. The van der Waals surface area contributed by atoms with E-state index >= 15 is 0 Å². The molecular weight excluding hydrogens is 441 g/mol. The van der Waals surface area contributed by atoms with Crippen molar-refractivity contribution in [3.63, 3.8) is 0 Å². The molecule has 0 atom stereocenters. The number of halogens is 3. The van der Waals surface area contributed by atoms with Gasteiger partial charge in [0, 0.05) is 11.9 Å². The normalized spacial score (nSPS) is 11.5. The molecule has 0 aliphatic rings. The number of hydrogen-bond acceptors (Lipinski definition) is 4. The van der Waals surface area contributed by atoms with Crippen molar-refractivity contribution in [1.82, 2.24) is 15.0 Å². The minimum absolute atomic E-state index is 0.000833. The first kappa shape index (κ1) is 21.4. The molecule has 0 aliphatic heterocycles. The number of aromatic nitrogens is 3. The van der Waals surface area contributed by atoms with E-state index in [1.54, 1.807) is 12.3 Å². The lowest BCUT2D eigenvalue weighted by atomic mass is 9.99. The number of hydrogen-bond donors (Lipinski definition) is 2. The van der Waals surface area contributed by atoms with Gasteiger partial charge < -0.3 is 5.32 Å². The third-order valence-electron chi connectivity index (χ3n) is 5.36. The maximum absolute atomic E-state index is 13.0. The van der Waals surface area contributed by atoms with Crippen LogP contribution in [0.15, 0.2) is 95.9 Å². The molecule has 5 rings (SSSR count). The number of H-pyrrole nitrogens is 1. The van der Waals surface area contributed by atoms with E-state index in [-0.39, 0.29) is 17.3 Å². The lowest BCUT2D eigenvalue weighted by Crippen LogP contribution is -2.13. The van der Waals surface area contributed by atoms with Crippen molar-refractivity contribution in [1.29, 1.82) is 0 Å². The van der Waals surface area contributed by atoms with Crippen LogP contribution in [0, 0.1) is 0 Å². The maximum Gasteiger partial charge on any atom is 0.416 e. The summed E-state index contributed by atoms with van der Waals surface area (Å²) in [4.78, 5) is 24.1. The molecule has 8 heteroatoms. The molecule has 0 radical (unpaired) electrons. The van der Waals surface area contributed by atoms with Crippen LogP contribution in [0.2, 0.25) is 0 Å². The summed E-state index contributed by atoms with van der Waals surface area (Å²) in [6, 6.07) is 24.1. The highest BCUT2D eigenvalue weighted by Crippen LogP contribution is 2.31. The predicted octanol–water partition coefficient (Wildman–Crippen LogP) is 6.41. The summed E-state index contributed by atoms with van der Waals surface area (Å²) in [7, 11) is 0. The molecule has 5 aromatic rings. The average molecular weight is 458 g/mol. The van der Waals surface area contributed by atoms with Crippen molar-refractivity contribution in [2.45, 2.75) is 6.18 Å². The average Bonchev–Trinajstić information content (AvgIpc) is 2.84. The van der Waals surface area contributed by atoms with Crippen LogP contribution in [0.1, 0.15) is 5.56 Å². The number of alkyl halides is 3. The van der Waals surface area contributed by atoms with E-state index in [0.717, 1.165) is 28.8 Å². The van der Waals surface area contributed by atoms with E-state index in [2.05, 4.69) is 20.3 Å². The van der Waals surface area contributed by atoms with Gasteiger partial charge in [-0.1, -0.05) is 60.7 Å². The van der Waals surface area contributed by atoms with Crippen molar-refractivity contribution in [2.24, 2.45) is 0 Å². The summed E-state index contributed by atoms with van der Waals surface area (Å²) >= 11 is 0. The Morgan fingerprint density at radius 2 is 1.50 bits per heavy atom. The summed E-state index contributed by atoms with van der Waals surface area (Å²) in [5, 5.41) is 3.02. The summed E-state index contributed by atoms with van der Waals surface area (Å²) in [5.41, 5.74) is 2.67. The van der Waals surface area contributed by atoms with Crippen LogP contribution < -0.4 is 10.9 Å². The zero-order valence-corrected chi connectivity index (χ0v) is 17.6. The number of aromatic amines is 1. The lowest BCUT2D eigenvalue weighted by Gasteiger charge is -2.11. The fraction of sp³-hybridized carbons (Fsp3) is 0.0385. The SMILES string of the molecule is O=c1[nH]c(Nc2cccc(C(F)(F)F)c2)nc2nccc(-c3ccc(-c4ccccc4)cc3)c12. The van der Waals surface area contributed by atoms with Crippen LogP contribution >= 0.6 is 0 Å². The van der Waals surface area contributed by atoms with Gasteiger partial charge in [0.1, 0.15) is 0 Å².